The first kappa shape index (κ1) is 17.0. The van der Waals surface area contributed by atoms with Gasteiger partial charge in [0.1, 0.15) is 11.5 Å². The molecule has 24 heavy (non-hydrogen) atoms. The van der Waals surface area contributed by atoms with Crippen molar-refractivity contribution in [1.82, 2.24) is 10.9 Å². The van der Waals surface area contributed by atoms with Crippen LogP contribution in [0.1, 0.15) is 43.6 Å². The Balaban J connectivity index is 1.38. The van der Waals surface area contributed by atoms with Gasteiger partial charge in [-0.25, -0.2) is 8.42 Å². The van der Waals surface area contributed by atoms with E-state index in [1.807, 2.05) is 12.1 Å². The second-order valence-electron chi connectivity index (χ2n) is 6.76. The molecule has 0 radical (unpaired) electrons. The number of nitrogens with one attached hydrogen (secondary N) is 2. The van der Waals surface area contributed by atoms with Crippen LogP contribution in [0.2, 0.25) is 0 Å². The third-order valence-electron chi connectivity index (χ3n) is 4.68. The number of hydrazine groups is 1. The maximum atomic E-state index is 11.8. The molecule has 0 unspecified atom stereocenters. The summed E-state index contributed by atoms with van der Waals surface area (Å²) >= 11 is 0. The summed E-state index contributed by atoms with van der Waals surface area (Å²) in [5.74, 6) is 1.43. The molecule has 1 saturated carbocycles. The number of hydrogen-bond donors (Lipinski definition) is 2. The van der Waals surface area contributed by atoms with Crippen molar-refractivity contribution in [3.63, 3.8) is 0 Å². The monoisotopic (exact) mass is 354 g/mol. The highest BCUT2D eigenvalue weighted by Gasteiger charge is 2.36. The van der Waals surface area contributed by atoms with E-state index in [0.717, 1.165) is 17.9 Å². The lowest BCUT2D eigenvalue weighted by atomic mass is 10.1. The molecule has 8 heteroatoms. The molecule has 0 aromatic carbocycles. The quantitative estimate of drug-likeness (QED) is 0.765. The van der Waals surface area contributed by atoms with Crippen LogP contribution in [0.5, 0.6) is 0 Å². The fourth-order valence-electron chi connectivity index (χ4n) is 2.98. The summed E-state index contributed by atoms with van der Waals surface area (Å²) in [5, 5.41) is 0. The summed E-state index contributed by atoms with van der Waals surface area (Å²) in [5.41, 5.74) is 4.64. The van der Waals surface area contributed by atoms with Crippen molar-refractivity contribution in [1.29, 1.82) is 0 Å². The average molecular weight is 354 g/mol. The molecular weight excluding hydrogens is 332 g/mol. The van der Waals surface area contributed by atoms with Gasteiger partial charge in [-0.15, -0.1) is 0 Å². The average Bonchev–Trinajstić information content (AvgIpc) is 2.95. The van der Waals surface area contributed by atoms with Crippen molar-refractivity contribution < 1.29 is 22.4 Å². The van der Waals surface area contributed by atoms with Crippen molar-refractivity contribution in [3.8, 4) is 0 Å². The van der Waals surface area contributed by atoms with Crippen LogP contribution < -0.4 is 10.9 Å². The minimum Gasteiger partial charge on any atom is -0.466 e. The zero-order chi connectivity index (χ0) is 17.3. The second-order valence-corrected chi connectivity index (χ2v) is 8.99. The molecule has 0 spiro atoms. The molecule has 1 aromatic heterocycles. The van der Waals surface area contributed by atoms with E-state index in [9.17, 15) is 18.0 Å². The minimum atomic E-state index is -3.11. The number of carbonyl (C=O) groups excluding carboxylic acids is 2. The predicted molar refractivity (Wildman–Crippen MR) is 86.6 cm³/mol. The Morgan fingerprint density at radius 2 is 2.04 bits per heavy atom. The molecular formula is C16H22N2O5S. The molecule has 1 aliphatic heterocycles. The zero-order valence-corrected chi connectivity index (χ0v) is 14.4. The van der Waals surface area contributed by atoms with Gasteiger partial charge >= 0.3 is 0 Å². The standard InChI is InChI=1S/C16H22N2O5S/c1-10-8-13(10)14-4-2-12(23-14)3-5-15(19)17-18-16(20)11-6-7-24(21,22)9-11/h2,4,10-11,13H,3,5-9H2,1H3,(H,17,19)(H,18,20)/t10-,11-,13-/m1/s1. The summed E-state index contributed by atoms with van der Waals surface area (Å²) in [6, 6.07) is 3.85. The van der Waals surface area contributed by atoms with Crippen molar-refractivity contribution in [2.45, 2.75) is 38.5 Å². The summed E-state index contributed by atoms with van der Waals surface area (Å²) in [4.78, 5) is 23.6. The van der Waals surface area contributed by atoms with Gasteiger partial charge in [-0.1, -0.05) is 6.92 Å². The van der Waals surface area contributed by atoms with Gasteiger partial charge in [0, 0.05) is 18.8 Å². The molecule has 0 bridgehead atoms. The number of rotatable bonds is 5. The van der Waals surface area contributed by atoms with E-state index in [4.69, 9.17) is 4.42 Å². The van der Waals surface area contributed by atoms with E-state index in [0.29, 0.717) is 24.7 Å². The van der Waals surface area contributed by atoms with Gasteiger partial charge in [0.05, 0.1) is 17.4 Å². The smallest absolute Gasteiger partial charge is 0.242 e. The van der Waals surface area contributed by atoms with Gasteiger partial charge in [-0.05, 0) is 30.9 Å². The van der Waals surface area contributed by atoms with E-state index in [1.165, 1.54) is 0 Å². The lowest BCUT2D eigenvalue weighted by molar-refractivity contribution is -0.130. The molecule has 1 saturated heterocycles. The normalized spacial score (nSPS) is 27.6. The van der Waals surface area contributed by atoms with Crippen LogP contribution in [0.4, 0.5) is 0 Å². The molecule has 3 rings (SSSR count). The molecule has 2 heterocycles. The second kappa shape index (κ2) is 6.58. The van der Waals surface area contributed by atoms with Crippen LogP contribution in [-0.2, 0) is 25.8 Å². The van der Waals surface area contributed by atoms with Crippen molar-refractivity contribution in [3.05, 3.63) is 23.7 Å². The van der Waals surface area contributed by atoms with E-state index in [1.54, 1.807) is 0 Å². The number of amides is 2. The van der Waals surface area contributed by atoms with Gasteiger partial charge in [0.25, 0.3) is 0 Å². The van der Waals surface area contributed by atoms with Crippen molar-refractivity contribution >= 4 is 21.7 Å². The van der Waals surface area contributed by atoms with Crippen LogP contribution in [0.3, 0.4) is 0 Å². The van der Waals surface area contributed by atoms with E-state index < -0.39 is 21.7 Å². The Labute approximate surface area is 141 Å². The van der Waals surface area contributed by atoms with E-state index >= 15 is 0 Å². The van der Waals surface area contributed by atoms with Gasteiger partial charge < -0.3 is 4.42 Å². The SMILES string of the molecule is C[C@@H]1C[C@H]1c1ccc(CCC(=O)NNC(=O)[C@@H]2CCS(=O)(=O)C2)o1. The number of aryl methyl sites for hydroxylation is 1. The summed E-state index contributed by atoms with van der Waals surface area (Å²) < 4.78 is 28.4. The highest BCUT2D eigenvalue weighted by molar-refractivity contribution is 7.91. The topological polar surface area (TPSA) is 105 Å². The van der Waals surface area contributed by atoms with Crippen LogP contribution in [-0.4, -0.2) is 31.7 Å². The Hall–Kier alpha value is -1.83. The first-order valence-corrected chi connectivity index (χ1v) is 10.0. The number of sulfone groups is 1. The van der Waals surface area contributed by atoms with Crippen LogP contribution in [0.25, 0.3) is 0 Å². The molecule has 1 aliphatic carbocycles. The summed E-state index contributed by atoms with van der Waals surface area (Å²) in [7, 11) is -3.11. The fraction of sp³-hybridized carbons (Fsp3) is 0.625. The van der Waals surface area contributed by atoms with Crippen LogP contribution >= 0.6 is 0 Å². The highest BCUT2D eigenvalue weighted by Crippen LogP contribution is 2.47. The lowest BCUT2D eigenvalue weighted by Gasteiger charge is -2.10. The number of carbonyl (C=O) groups is 2. The molecule has 1 aromatic rings. The lowest BCUT2D eigenvalue weighted by Crippen LogP contribution is -2.44. The highest BCUT2D eigenvalue weighted by atomic mass is 32.2. The predicted octanol–water partition coefficient (Wildman–Crippen LogP) is 0.918. The molecule has 7 nitrogen and oxygen atoms in total. The first-order valence-electron chi connectivity index (χ1n) is 8.22. The largest absolute Gasteiger partial charge is 0.466 e. The summed E-state index contributed by atoms with van der Waals surface area (Å²) in [6.45, 7) is 2.18. The van der Waals surface area contributed by atoms with Crippen LogP contribution in [0.15, 0.2) is 16.5 Å². The van der Waals surface area contributed by atoms with Gasteiger partial charge in [0.2, 0.25) is 11.8 Å². The third kappa shape index (κ3) is 4.17. The zero-order valence-electron chi connectivity index (χ0n) is 13.6. The van der Waals surface area contributed by atoms with Gasteiger partial charge in [0.15, 0.2) is 9.84 Å². The maximum absolute atomic E-state index is 11.8. The van der Waals surface area contributed by atoms with E-state index in [-0.39, 0.29) is 23.8 Å². The Morgan fingerprint density at radius 3 is 2.67 bits per heavy atom. The van der Waals surface area contributed by atoms with Crippen molar-refractivity contribution in [2.75, 3.05) is 11.5 Å². The maximum Gasteiger partial charge on any atom is 0.242 e. The Morgan fingerprint density at radius 1 is 1.29 bits per heavy atom. The molecule has 132 valence electrons. The number of furan rings is 1. The van der Waals surface area contributed by atoms with Crippen molar-refractivity contribution in [2.24, 2.45) is 11.8 Å². The van der Waals surface area contributed by atoms with E-state index in [2.05, 4.69) is 17.8 Å². The van der Waals surface area contributed by atoms with Crippen LogP contribution in [0, 0.1) is 11.8 Å². The minimum absolute atomic E-state index is 0.0273. The molecule has 3 atom stereocenters. The molecule has 2 aliphatic rings. The van der Waals surface area contributed by atoms with Gasteiger partial charge in [-0.2, -0.15) is 0 Å². The Kier molecular flexibility index (Phi) is 4.67. The summed E-state index contributed by atoms with van der Waals surface area (Å²) in [6.07, 6.45) is 2.10. The van der Waals surface area contributed by atoms with Gasteiger partial charge in [-0.3, -0.25) is 20.4 Å². The molecule has 2 amide bonds. The number of hydrogen-bond acceptors (Lipinski definition) is 5. The molecule has 2 N–H and O–H groups in total. The third-order valence-corrected chi connectivity index (χ3v) is 6.45. The fourth-order valence-corrected chi connectivity index (χ4v) is 4.72. The first-order chi connectivity index (χ1) is 11.3. The Bertz CT molecular complexity index is 739. The molecule has 2 fully saturated rings.